The van der Waals surface area contributed by atoms with Crippen LogP contribution in [0, 0.1) is 11.6 Å². The van der Waals surface area contributed by atoms with E-state index in [9.17, 15) is 18.4 Å². The molecule has 1 atom stereocenters. The van der Waals surface area contributed by atoms with E-state index in [4.69, 9.17) is 11.6 Å². The highest BCUT2D eigenvalue weighted by Gasteiger charge is 2.15. The number of aldehydes is 1. The van der Waals surface area contributed by atoms with E-state index in [-0.39, 0.29) is 29.3 Å². The molecule has 1 aromatic heterocycles. The predicted octanol–water partition coefficient (Wildman–Crippen LogP) is 5.92. The molecule has 4 nitrogen and oxygen atoms in total. The molecule has 1 amide bonds. The molecule has 0 aliphatic carbocycles. The van der Waals surface area contributed by atoms with Crippen molar-refractivity contribution < 1.29 is 18.4 Å². The second-order valence-electron chi connectivity index (χ2n) is 7.54. The van der Waals surface area contributed by atoms with Crippen LogP contribution in [0.25, 0.3) is 10.9 Å². The first kappa shape index (κ1) is 21.7. The zero-order valence-corrected chi connectivity index (χ0v) is 17.9. The minimum Gasteiger partial charge on any atom is -0.346 e. The summed E-state index contributed by atoms with van der Waals surface area (Å²) in [5, 5.41) is 3.64. The van der Waals surface area contributed by atoms with E-state index in [0.717, 1.165) is 17.4 Å². The Labute approximate surface area is 188 Å². The Morgan fingerprint density at radius 1 is 1.06 bits per heavy atom. The average Bonchev–Trinajstić information content (AvgIpc) is 3.13. The highest BCUT2D eigenvalue weighted by molar-refractivity contribution is 6.30. The molecule has 1 unspecified atom stereocenters. The van der Waals surface area contributed by atoms with E-state index in [1.54, 1.807) is 47.0 Å². The molecule has 7 heteroatoms. The van der Waals surface area contributed by atoms with E-state index in [2.05, 4.69) is 5.32 Å². The van der Waals surface area contributed by atoms with Crippen LogP contribution in [0.4, 0.5) is 8.78 Å². The molecule has 0 bridgehead atoms. The summed E-state index contributed by atoms with van der Waals surface area (Å²) in [5.74, 6) is -1.15. The molecule has 0 fully saturated rings. The number of fused-ring (bicyclic) bond motifs is 1. The number of nitrogens with zero attached hydrogens (tertiary/aromatic N) is 1. The molecule has 0 aliphatic rings. The molecule has 3 aromatic carbocycles. The van der Waals surface area contributed by atoms with Gasteiger partial charge in [0.1, 0.15) is 11.6 Å². The van der Waals surface area contributed by atoms with E-state index in [1.807, 2.05) is 6.92 Å². The topological polar surface area (TPSA) is 51.1 Å². The summed E-state index contributed by atoms with van der Waals surface area (Å²) in [6, 6.07) is 17.0. The lowest BCUT2D eigenvalue weighted by atomic mass is 10.1. The van der Waals surface area contributed by atoms with Gasteiger partial charge in [-0.25, -0.2) is 8.78 Å². The summed E-state index contributed by atoms with van der Waals surface area (Å²) >= 11 is 5.75. The molecule has 0 radical (unpaired) electrons. The number of carbonyl (C=O) groups excluding carboxylic acids is 2. The molecule has 4 aromatic rings. The first-order chi connectivity index (χ1) is 15.4. The second-order valence-corrected chi connectivity index (χ2v) is 7.95. The Hall–Kier alpha value is -3.51. The molecule has 162 valence electrons. The van der Waals surface area contributed by atoms with Crippen LogP contribution in [0.1, 0.15) is 44.9 Å². The molecule has 0 spiro atoms. The lowest BCUT2D eigenvalue weighted by Crippen LogP contribution is -2.26. The van der Waals surface area contributed by atoms with Crippen molar-refractivity contribution in [2.24, 2.45) is 0 Å². The molecule has 4 rings (SSSR count). The Morgan fingerprint density at radius 3 is 2.50 bits per heavy atom. The number of hydrogen-bond donors (Lipinski definition) is 1. The minimum absolute atomic E-state index is 0.0345. The van der Waals surface area contributed by atoms with E-state index in [0.29, 0.717) is 22.2 Å². The van der Waals surface area contributed by atoms with Crippen LogP contribution in [0.5, 0.6) is 0 Å². The Kier molecular flexibility index (Phi) is 6.06. The standard InChI is InChI=1S/C25H19ClF2N2O2/c1-15(17-3-6-20(27)7-4-17)29-25(32)18-5-9-24-19(11-18)12-21(14-31)30(24)13-16-2-8-22(26)23(28)10-16/h2-12,14-15H,13H2,1H3,(H,29,32). The Morgan fingerprint density at radius 2 is 1.81 bits per heavy atom. The van der Waals surface area contributed by atoms with Gasteiger partial charge in [0.2, 0.25) is 0 Å². The fourth-order valence-corrected chi connectivity index (χ4v) is 3.76. The van der Waals surface area contributed by atoms with E-state index in [1.165, 1.54) is 24.3 Å². The number of amides is 1. The van der Waals surface area contributed by atoms with Crippen molar-refractivity contribution in [1.29, 1.82) is 0 Å². The minimum atomic E-state index is -0.525. The largest absolute Gasteiger partial charge is 0.346 e. The predicted molar refractivity (Wildman–Crippen MR) is 120 cm³/mol. The average molecular weight is 453 g/mol. The van der Waals surface area contributed by atoms with Crippen molar-refractivity contribution >= 4 is 34.7 Å². The maximum atomic E-state index is 13.8. The lowest BCUT2D eigenvalue weighted by molar-refractivity contribution is 0.0939. The normalized spacial score (nSPS) is 12.0. The number of nitrogens with one attached hydrogen (secondary N) is 1. The SMILES string of the molecule is CC(NC(=O)c1ccc2c(c1)cc(C=O)n2Cc1ccc(Cl)c(F)c1)c1ccc(F)cc1. The van der Waals surface area contributed by atoms with Gasteiger partial charge in [0.25, 0.3) is 5.91 Å². The summed E-state index contributed by atoms with van der Waals surface area (Å²) in [5.41, 5.74) is 3.02. The van der Waals surface area contributed by atoms with Gasteiger partial charge in [-0.2, -0.15) is 0 Å². The first-order valence-electron chi connectivity index (χ1n) is 9.94. The van der Waals surface area contributed by atoms with Crippen LogP contribution in [0.3, 0.4) is 0 Å². The zero-order chi connectivity index (χ0) is 22.8. The molecular weight excluding hydrogens is 434 g/mol. The van der Waals surface area contributed by atoms with Gasteiger partial charge in [-0.05, 0) is 66.6 Å². The summed E-state index contributed by atoms with van der Waals surface area (Å²) < 4.78 is 28.7. The maximum Gasteiger partial charge on any atom is 0.251 e. The van der Waals surface area contributed by atoms with Gasteiger partial charge in [-0.1, -0.05) is 29.8 Å². The monoisotopic (exact) mass is 452 g/mol. The summed E-state index contributed by atoms with van der Waals surface area (Å²) in [4.78, 5) is 24.4. The first-order valence-corrected chi connectivity index (χ1v) is 10.3. The molecule has 0 saturated heterocycles. The van der Waals surface area contributed by atoms with Gasteiger partial charge in [-0.3, -0.25) is 9.59 Å². The van der Waals surface area contributed by atoms with Crippen LogP contribution in [-0.2, 0) is 6.54 Å². The van der Waals surface area contributed by atoms with Gasteiger partial charge < -0.3 is 9.88 Å². The Balaban J connectivity index is 1.60. The highest BCUT2D eigenvalue weighted by atomic mass is 35.5. The third-order valence-corrected chi connectivity index (χ3v) is 5.67. The maximum absolute atomic E-state index is 13.8. The van der Waals surface area contributed by atoms with Crippen molar-refractivity contribution in [1.82, 2.24) is 9.88 Å². The smallest absolute Gasteiger partial charge is 0.251 e. The third-order valence-electron chi connectivity index (χ3n) is 5.36. The van der Waals surface area contributed by atoms with Crippen molar-refractivity contribution in [2.45, 2.75) is 19.5 Å². The fraction of sp³-hybridized carbons (Fsp3) is 0.120. The van der Waals surface area contributed by atoms with Crippen LogP contribution in [-0.4, -0.2) is 16.8 Å². The molecule has 0 aliphatic heterocycles. The zero-order valence-electron chi connectivity index (χ0n) is 17.1. The Bertz CT molecular complexity index is 1320. The van der Waals surface area contributed by atoms with Gasteiger partial charge in [-0.15, -0.1) is 0 Å². The van der Waals surface area contributed by atoms with Gasteiger partial charge in [0, 0.05) is 23.0 Å². The summed E-state index contributed by atoms with van der Waals surface area (Å²) in [6.07, 6.45) is 0.725. The number of benzene rings is 3. The second kappa shape index (κ2) is 8.93. The van der Waals surface area contributed by atoms with Crippen molar-refractivity contribution in [3.8, 4) is 0 Å². The summed E-state index contributed by atoms with van der Waals surface area (Å²) in [7, 11) is 0. The van der Waals surface area contributed by atoms with Crippen molar-refractivity contribution in [3.05, 3.63) is 106 Å². The molecule has 32 heavy (non-hydrogen) atoms. The number of halogens is 3. The number of aromatic nitrogens is 1. The number of carbonyl (C=O) groups is 2. The lowest BCUT2D eigenvalue weighted by Gasteiger charge is -2.14. The quantitative estimate of drug-likeness (QED) is 0.369. The fourth-order valence-electron chi connectivity index (χ4n) is 3.64. The summed E-state index contributed by atoms with van der Waals surface area (Å²) in [6.45, 7) is 2.09. The molecular formula is C25H19ClF2N2O2. The van der Waals surface area contributed by atoms with Crippen molar-refractivity contribution in [3.63, 3.8) is 0 Å². The molecule has 1 heterocycles. The van der Waals surface area contributed by atoms with Crippen LogP contribution >= 0.6 is 11.6 Å². The van der Waals surface area contributed by atoms with Crippen LogP contribution in [0.15, 0.2) is 66.7 Å². The number of hydrogen-bond acceptors (Lipinski definition) is 2. The molecule has 1 N–H and O–H groups in total. The number of rotatable bonds is 6. The van der Waals surface area contributed by atoms with Gasteiger partial charge in [0.05, 0.1) is 16.8 Å². The molecule has 0 saturated carbocycles. The van der Waals surface area contributed by atoms with Crippen LogP contribution in [0.2, 0.25) is 5.02 Å². The van der Waals surface area contributed by atoms with Crippen molar-refractivity contribution in [2.75, 3.05) is 0 Å². The highest BCUT2D eigenvalue weighted by Crippen LogP contribution is 2.24. The van der Waals surface area contributed by atoms with E-state index < -0.39 is 5.82 Å². The van der Waals surface area contributed by atoms with Gasteiger partial charge >= 0.3 is 0 Å². The third kappa shape index (κ3) is 4.41. The van der Waals surface area contributed by atoms with E-state index >= 15 is 0 Å². The van der Waals surface area contributed by atoms with Gasteiger partial charge in [0.15, 0.2) is 6.29 Å². The van der Waals surface area contributed by atoms with Crippen LogP contribution < -0.4 is 5.32 Å².